The second-order valence-electron chi connectivity index (χ2n) is 9.20. The lowest BCUT2D eigenvalue weighted by molar-refractivity contribution is -0.138. The average molecular weight is 469 g/mol. The largest absolute Gasteiger partial charge is 0.365 e. The Hall–Kier alpha value is -3.33. The maximum absolute atomic E-state index is 14.4. The minimum absolute atomic E-state index is 0.1000. The van der Waals surface area contributed by atoms with Gasteiger partial charge in [0.25, 0.3) is 5.91 Å². The second kappa shape index (κ2) is 9.89. The van der Waals surface area contributed by atoms with Crippen molar-refractivity contribution in [2.45, 2.75) is 44.6 Å². The third-order valence-electron chi connectivity index (χ3n) is 6.17. The van der Waals surface area contributed by atoms with E-state index in [0.717, 1.165) is 11.4 Å². The van der Waals surface area contributed by atoms with Gasteiger partial charge in [0, 0.05) is 25.0 Å². The SMILES string of the molecule is CC(C)C[C@H](NC(=O)c1ccc(C=Cc2nccn2C)cc1)C(=O)N1CC(F)[C@H]2OCC(=O)[C@H]21. The van der Waals surface area contributed by atoms with Crippen LogP contribution in [0.1, 0.15) is 42.0 Å². The Bertz CT molecular complexity index is 1090. The molecule has 0 radical (unpaired) electrons. The molecular weight excluding hydrogens is 439 g/mol. The van der Waals surface area contributed by atoms with Gasteiger partial charge >= 0.3 is 0 Å². The third kappa shape index (κ3) is 4.94. The molecular formula is C25H29FN4O4. The molecule has 0 aliphatic carbocycles. The van der Waals surface area contributed by atoms with Gasteiger partial charge in [0.15, 0.2) is 5.78 Å². The number of carbonyl (C=O) groups is 3. The van der Waals surface area contributed by atoms with Gasteiger partial charge in [-0.2, -0.15) is 0 Å². The smallest absolute Gasteiger partial charge is 0.251 e. The summed E-state index contributed by atoms with van der Waals surface area (Å²) in [5, 5.41) is 2.80. The summed E-state index contributed by atoms with van der Waals surface area (Å²) in [4.78, 5) is 43.9. The first-order valence-electron chi connectivity index (χ1n) is 11.4. The maximum atomic E-state index is 14.4. The van der Waals surface area contributed by atoms with Crippen LogP contribution in [0.15, 0.2) is 36.7 Å². The number of Topliss-reactive ketones (excluding diaryl/α,β-unsaturated/α-hetero) is 1. The van der Waals surface area contributed by atoms with E-state index >= 15 is 0 Å². The molecule has 0 bridgehead atoms. The van der Waals surface area contributed by atoms with Crippen molar-refractivity contribution >= 4 is 29.7 Å². The van der Waals surface area contributed by atoms with Crippen molar-refractivity contribution in [1.29, 1.82) is 0 Å². The van der Waals surface area contributed by atoms with Crippen molar-refractivity contribution in [3.8, 4) is 0 Å². The quantitative estimate of drug-likeness (QED) is 0.673. The molecule has 0 spiro atoms. The number of amides is 2. The van der Waals surface area contributed by atoms with E-state index in [0.29, 0.717) is 12.0 Å². The monoisotopic (exact) mass is 468 g/mol. The number of aryl methyl sites for hydroxylation is 1. The summed E-state index contributed by atoms with van der Waals surface area (Å²) in [6.45, 7) is 3.47. The van der Waals surface area contributed by atoms with Crippen LogP contribution in [-0.4, -0.2) is 69.6 Å². The van der Waals surface area contributed by atoms with Gasteiger partial charge in [-0.3, -0.25) is 14.4 Å². The number of carbonyl (C=O) groups excluding carboxylic acids is 3. The van der Waals surface area contributed by atoms with Gasteiger partial charge in [-0.25, -0.2) is 9.37 Å². The number of benzene rings is 1. The van der Waals surface area contributed by atoms with Crippen LogP contribution in [0.25, 0.3) is 12.2 Å². The zero-order valence-electron chi connectivity index (χ0n) is 19.5. The average Bonchev–Trinajstić information content (AvgIpc) is 3.49. The molecule has 2 aliphatic heterocycles. The number of likely N-dealkylation sites (tertiary alicyclic amines) is 1. The fraction of sp³-hybridized carbons (Fsp3) is 0.440. The van der Waals surface area contributed by atoms with E-state index in [2.05, 4.69) is 10.3 Å². The van der Waals surface area contributed by atoms with E-state index in [9.17, 15) is 18.8 Å². The van der Waals surface area contributed by atoms with E-state index in [4.69, 9.17) is 4.74 Å². The highest BCUT2D eigenvalue weighted by Gasteiger charge is 2.53. The molecule has 180 valence electrons. The lowest BCUT2D eigenvalue weighted by Crippen LogP contribution is -2.52. The van der Waals surface area contributed by atoms with E-state index in [1.54, 1.807) is 30.5 Å². The number of rotatable bonds is 7. The van der Waals surface area contributed by atoms with Crippen molar-refractivity contribution < 1.29 is 23.5 Å². The van der Waals surface area contributed by atoms with Crippen LogP contribution in [0.4, 0.5) is 4.39 Å². The molecule has 1 unspecified atom stereocenters. The highest BCUT2D eigenvalue weighted by atomic mass is 19.1. The Kier molecular flexibility index (Phi) is 6.92. The molecule has 2 aliphatic rings. The van der Waals surface area contributed by atoms with Crippen LogP contribution in [-0.2, 0) is 21.4 Å². The zero-order valence-corrected chi connectivity index (χ0v) is 19.5. The van der Waals surface area contributed by atoms with Crippen LogP contribution in [0.5, 0.6) is 0 Å². The fourth-order valence-corrected chi connectivity index (χ4v) is 4.41. The molecule has 1 aromatic heterocycles. The van der Waals surface area contributed by atoms with Gasteiger partial charge in [-0.1, -0.05) is 32.1 Å². The number of hydrogen-bond donors (Lipinski definition) is 1. The molecule has 1 aromatic carbocycles. The number of fused-ring (bicyclic) bond motifs is 1. The summed E-state index contributed by atoms with van der Waals surface area (Å²) < 4.78 is 21.5. The van der Waals surface area contributed by atoms with Gasteiger partial charge in [0.05, 0.1) is 6.54 Å². The van der Waals surface area contributed by atoms with Crippen LogP contribution < -0.4 is 5.32 Å². The summed E-state index contributed by atoms with van der Waals surface area (Å²) >= 11 is 0. The predicted octanol–water partition coefficient (Wildman–Crippen LogP) is 2.25. The second-order valence-corrected chi connectivity index (χ2v) is 9.20. The van der Waals surface area contributed by atoms with Gasteiger partial charge in [0.1, 0.15) is 36.8 Å². The number of nitrogens with zero attached hydrogens (tertiary/aromatic N) is 3. The Labute approximate surface area is 197 Å². The number of halogens is 1. The molecule has 2 aromatic rings. The third-order valence-corrected chi connectivity index (χ3v) is 6.17. The first-order chi connectivity index (χ1) is 16.2. The first-order valence-corrected chi connectivity index (χ1v) is 11.4. The predicted molar refractivity (Wildman–Crippen MR) is 124 cm³/mol. The van der Waals surface area contributed by atoms with Gasteiger partial charge in [0.2, 0.25) is 5.91 Å². The Morgan fingerprint density at radius 3 is 2.65 bits per heavy atom. The molecule has 9 heteroatoms. The summed E-state index contributed by atoms with van der Waals surface area (Å²) in [5.74, 6) is -0.251. The minimum Gasteiger partial charge on any atom is -0.365 e. The lowest BCUT2D eigenvalue weighted by Gasteiger charge is -2.28. The van der Waals surface area contributed by atoms with Crippen LogP contribution >= 0.6 is 0 Å². The Morgan fingerprint density at radius 2 is 2.00 bits per heavy atom. The molecule has 34 heavy (non-hydrogen) atoms. The standard InChI is InChI=1S/C25H29FN4O4/c1-15(2)12-19(25(33)30-13-18(26)23-22(30)20(31)14-34-23)28-24(32)17-7-4-16(5-8-17)6-9-21-27-10-11-29(21)3/h4-11,15,18-19,22-23H,12-14H2,1-3H3,(H,28,32)/t18?,19-,22+,23+/m0/s1. The number of ether oxygens (including phenoxy) is 1. The van der Waals surface area contributed by atoms with E-state index in [1.807, 2.05) is 43.8 Å². The summed E-state index contributed by atoms with van der Waals surface area (Å²) in [7, 11) is 1.90. The zero-order chi connectivity index (χ0) is 24.4. The van der Waals surface area contributed by atoms with Crippen molar-refractivity contribution in [3.05, 3.63) is 53.6 Å². The number of aromatic nitrogens is 2. The summed E-state index contributed by atoms with van der Waals surface area (Å²) in [6.07, 6.45) is 5.38. The molecule has 3 heterocycles. The number of imidazole rings is 1. The molecule has 2 amide bonds. The summed E-state index contributed by atoms with van der Waals surface area (Å²) in [5.41, 5.74) is 1.30. The number of ketones is 1. The molecule has 0 saturated carbocycles. The van der Waals surface area contributed by atoms with Crippen LogP contribution in [0.2, 0.25) is 0 Å². The minimum atomic E-state index is -1.41. The van der Waals surface area contributed by atoms with Crippen molar-refractivity contribution in [1.82, 2.24) is 19.8 Å². The Morgan fingerprint density at radius 1 is 1.26 bits per heavy atom. The maximum Gasteiger partial charge on any atom is 0.251 e. The highest BCUT2D eigenvalue weighted by Crippen LogP contribution is 2.30. The van der Waals surface area contributed by atoms with Gasteiger partial charge < -0.3 is 19.5 Å². The Balaban J connectivity index is 1.45. The van der Waals surface area contributed by atoms with E-state index in [1.165, 1.54) is 4.90 Å². The summed E-state index contributed by atoms with van der Waals surface area (Å²) in [6, 6.07) is 5.19. The molecule has 4 atom stereocenters. The molecule has 2 saturated heterocycles. The molecule has 1 N–H and O–H groups in total. The molecule has 2 fully saturated rings. The van der Waals surface area contributed by atoms with E-state index < -0.39 is 36.2 Å². The first kappa shape index (κ1) is 23.8. The van der Waals surface area contributed by atoms with Crippen molar-refractivity contribution in [3.63, 3.8) is 0 Å². The number of nitrogens with one attached hydrogen (secondary N) is 1. The normalized spacial score (nSPS) is 23.0. The van der Waals surface area contributed by atoms with Crippen LogP contribution in [0, 0.1) is 5.92 Å². The molecule has 4 rings (SSSR count). The van der Waals surface area contributed by atoms with Crippen LogP contribution in [0.3, 0.4) is 0 Å². The highest BCUT2D eigenvalue weighted by molar-refractivity contribution is 5.99. The van der Waals surface area contributed by atoms with Gasteiger partial charge in [-0.15, -0.1) is 0 Å². The van der Waals surface area contributed by atoms with Crippen molar-refractivity contribution in [2.75, 3.05) is 13.2 Å². The van der Waals surface area contributed by atoms with Gasteiger partial charge in [-0.05, 0) is 36.1 Å². The fourth-order valence-electron chi connectivity index (χ4n) is 4.41. The van der Waals surface area contributed by atoms with Crippen molar-refractivity contribution in [2.24, 2.45) is 13.0 Å². The van der Waals surface area contributed by atoms with E-state index in [-0.39, 0.29) is 24.9 Å². The molecule has 8 nitrogen and oxygen atoms in total. The number of alkyl halides is 1. The topological polar surface area (TPSA) is 93.5 Å². The number of hydrogen-bond acceptors (Lipinski definition) is 5. The lowest BCUT2D eigenvalue weighted by atomic mass is 10.0.